The van der Waals surface area contributed by atoms with Gasteiger partial charge >= 0.3 is 0 Å². The van der Waals surface area contributed by atoms with Crippen LogP contribution < -0.4 is 19.9 Å². The number of benzene rings is 1. The van der Waals surface area contributed by atoms with Gasteiger partial charge in [0, 0.05) is 12.1 Å². The van der Waals surface area contributed by atoms with Gasteiger partial charge in [0.15, 0.2) is 11.5 Å². The van der Waals surface area contributed by atoms with Crippen molar-refractivity contribution in [3.63, 3.8) is 0 Å². The molecule has 1 aromatic rings. The highest BCUT2D eigenvalue weighted by Gasteiger charge is 2.16. The van der Waals surface area contributed by atoms with Crippen molar-refractivity contribution in [2.45, 2.75) is 26.3 Å². The normalized spacial score (nSPS) is 12.4. The first kappa shape index (κ1) is 14.6. The van der Waals surface area contributed by atoms with Gasteiger partial charge in [0.25, 0.3) is 0 Å². The summed E-state index contributed by atoms with van der Waals surface area (Å²) < 4.78 is 15.9. The number of hydrogen-bond donors (Lipinski definition) is 1. The van der Waals surface area contributed by atoms with Gasteiger partial charge in [0.2, 0.25) is 0 Å². The van der Waals surface area contributed by atoms with E-state index in [1.165, 1.54) is 0 Å². The van der Waals surface area contributed by atoms with Crippen LogP contribution in [0, 0.1) is 5.92 Å². The first-order valence-corrected chi connectivity index (χ1v) is 6.07. The van der Waals surface area contributed by atoms with Crippen LogP contribution in [-0.4, -0.2) is 27.4 Å². The van der Waals surface area contributed by atoms with Crippen molar-refractivity contribution >= 4 is 0 Å². The van der Waals surface area contributed by atoms with Crippen LogP contribution in [-0.2, 0) is 6.42 Å². The Morgan fingerprint density at radius 1 is 0.944 bits per heavy atom. The molecule has 0 saturated heterocycles. The van der Waals surface area contributed by atoms with Crippen LogP contribution in [0.3, 0.4) is 0 Å². The quantitative estimate of drug-likeness (QED) is 0.844. The van der Waals surface area contributed by atoms with Crippen LogP contribution in [0.15, 0.2) is 12.1 Å². The third-order valence-corrected chi connectivity index (χ3v) is 3.10. The first-order chi connectivity index (χ1) is 8.53. The Morgan fingerprint density at radius 2 is 1.44 bits per heavy atom. The van der Waals surface area contributed by atoms with E-state index >= 15 is 0 Å². The van der Waals surface area contributed by atoms with Crippen molar-refractivity contribution in [1.29, 1.82) is 0 Å². The topological polar surface area (TPSA) is 53.7 Å². The summed E-state index contributed by atoms with van der Waals surface area (Å²) in [6.07, 6.45) is 0.751. The maximum atomic E-state index is 6.11. The zero-order valence-corrected chi connectivity index (χ0v) is 11.8. The Labute approximate surface area is 109 Å². The molecule has 1 atom stereocenters. The molecule has 0 heterocycles. The number of hydrogen-bond acceptors (Lipinski definition) is 4. The molecule has 1 rings (SSSR count). The fourth-order valence-electron chi connectivity index (χ4n) is 1.74. The third-order valence-electron chi connectivity index (χ3n) is 3.10. The van der Waals surface area contributed by atoms with Crippen molar-refractivity contribution in [3.8, 4) is 17.2 Å². The first-order valence-electron chi connectivity index (χ1n) is 6.07. The fourth-order valence-corrected chi connectivity index (χ4v) is 1.74. The number of rotatable bonds is 6. The molecular formula is C14H23NO3. The lowest BCUT2D eigenvalue weighted by Crippen LogP contribution is -2.28. The molecule has 18 heavy (non-hydrogen) atoms. The van der Waals surface area contributed by atoms with E-state index in [1.807, 2.05) is 12.1 Å². The summed E-state index contributed by atoms with van der Waals surface area (Å²) >= 11 is 0. The van der Waals surface area contributed by atoms with E-state index in [4.69, 9.17) is 19.9 Å². The summed E-state index contributed by atoms with van der Waals surface area (Å²) in [5.74, 6) is 2.56. The summed E-state index contributed by atoms with van der Waals surface area (Å²) in [4.78, 5) is 0. The number of ether oxygens (including phenoxy) is 3. The van der Waals surface area contributed by atoms with E-state index in [1.54, 1.807) is 21.3 Å². The van der Waals surface area contributed by atoms with Gasteiger partial charge in [-0.05, 0) is 24.0 Å². The maximum Gasteiger partial charge on any atom is 0.164 e. The zero-order chi connectivity index (χ0) is 13.7. The molecule has 0 aliphatic rings. The Hall–Kier alpha value is -1.42. The van der Waals surface area contributed by atoms with Crippen LogP contribution >= 0.6 is 0 Å². The summed E-state index contributed by atoms with van der Waals surface area (Å²) in [5.41, 5.74) is 7.14. The molecular weight excluding hydrogens is 230 g/mol. The Bertz CT molecular complexity index is 391. The smallest absolute Gasteiger partial charge is 0.164 e. The Kier molecular flexibility index (Phi) is 5.28. The molecule has 1 unspecified atom stereocenters. The molecule has 0 bridgehead atoms. The van der Waals surface area contributed by atoms with Crippen molar-refractivity contribution in [3.05, 3.63) is 17.7 Å². The van der Waals surface area contributed by atoms with E-state index in [-0.39, 0.29) is 6.04 Å². The van der Waals surface area contributed by atoms with Gasteiger partial charge in [-0.15, -0.1) is 0 Å². The molecule has 2 N–H and O–H groups in total. The largest absolute Gasteiger partial charge is 0.496 e. The monoisotopic (exact) mass is 253 g/mol. The second-order valence-corrected chi connectivity index (χ2v) is 4.63. The molecule has 0 aromatic heterocycles. The highest BCUT2D eigenvalue weighted by atomic mass is 16.5. The Balaban J connectivity index is 3.09. The maximum absolute atomic E-state index is 6.11. The standard InChI is InChI=1S/C14H23NO3/c1-9(2)11(15)6-10-7-13(17-4)14(18-5)8-12(10)16-3/h7-9,11H,6,15H2,1-5H3. The molecule has 4 heteroatoms. The lowest BCUT2D eigenvalue weighted by Gasteiger charge is -2.19. The van der Waals surface area contributed by atoms with Gasteiger partial charge in [0.05, 0.1) is 21.3 Å². The second kappa shape index (κ2) is 6.50. The Morgan fingerprint density at radius 3 is 1.89 bits per heavy atom. The molecule has 4 nitrogen and oxygen atoms in total. The molecule has 0 fully saturated rings. The minimum absolute atomic E-state index is 0.0944. The second-order valence-electron chi connectivity index (χ2n) is 4.63. The van der Waals surface area contributed by atoms with E-state index in [2.05, 4.69) is 13.8 Å². The predicted molar refractivity (Wildman–Crippen MR) is 72.6 cm³/mol. The molecule has 0 radical (unpaired) electrons. The molecule has 0 aliphatic heterocycles. The fraction of sp³-hybridized carbons (Fsp3) is 0.571. The van der Waals surface area contributed by atoms with Gasteiger partial charge < -0.3 is 19.9 Å². The average molecular weight is 253 g/mol. The predicted octanol–water partition coefficient (Wildman–Crippen LogP) is 2.24. The van der Waals surface area contributed by atoms with Crippen molar-refractivity contribution in [2.75, 3.05) is 21.3 Å². The summed E-state index contributed by atoms with van der Waals surface area (Å²) in [5, 5.41) is 0. The van der Waals surface area contributed by atoms with E-state index in [0.717, 1.165) is 17.7 Å². The molecule has 0 saturated carbocycles. The molecule has 1 aromatic carbocycles. The average Bonchev–Trinajstić information content (AvgIpc) is 2.37. The summed E-state index contributed by atoms with van der Waals surface area (Å²) in [7, 11) is 4.87. The van der Waals surface area contributed by atoms with E-state index in [0.29, 0.717) is 17.4 Å². The minimum Gasteiger partial charge on any atom is -0.496 e. The van der Waals surface area contributed by atoms with Gasteiger partial charge in [0.1, 0.15) is 5.75 Å². The SMILES string of the molecule is COc1cc(OC)c(OC)cc1CC(N)C(C)C. The molecule has 0 spiro atoms. The summed E-state index contributed by atoms with van der Waals surface area (Å²) in [6.45, 7) is 4.22. The van der Waals surface area contributed by atoms with Crippen molar-refractivity contribution in [1.82, 2.24) is 0 Å². The van der Waals surface area contributed by atoms with E-state index in [9.17, 15) is 0 Å². The minimum atomic E-state index is 0.0944. The van der Waals surface area contributed by atoms with Crippen molar-refractivity contribution in [2.24, 2.45) is 11.7 Å². The molecule has 102 valence electrons. The van der Waals surface area contributed by atoms with Crippen molar-refractivity contribution < 1.29 is 14.2 Å². The van der Waals surface area contributed by atoms with Gasteiger partial charge in [-0.25, -0.2) is 0 Å². The highest BCUT2D eigenvalue weighted by molar-refractivity contribution is 5.51. The van der Waals surface area contributed by atoms with Crippen LogP contribution in [0.25, 0.3) is 0 Å². The van der Waals surface area contributed by atoms with E-state index < -0.39 is 0 Å². The van der Waals surface area contributed by atoms with Crippen LogP contribution in [0.5, 0.6) is 17.2 Å². The van der Waals surface area contributed by atoms with Gasteiger partial charge in [-0.3, -0.25) is 0 Å². The lowest BCUT2D eigenvalue weighted by molar-refractivity contribution is 0.346. The lowest BCUT2D eigenvalue weighted by atomic mass is 9.96. The van der Waals surface area contributed by atoms with Crippen LogP contribution in [0.1, 0.15) is 19.4 Å². The third kappa shape index (κ3) is 3.29. The number of methoxy groups -OCH3 is 3. The number of nitrogens with two attached hydrogens (primary N) is 1. The van der Waals surface area contributed by atoms with Crippen LogP contribution in [0.4, 0.5) is 0 Å². The molecule has 0 aliphatic carbocycles. The zero-order valence-electron chi connectivity index (χ0n) is 11.8. The van der Waals surface area contributed by atoms with Gasteiger partial charge in [-0.1, -0.05) is 13.8 Å². The molecule has 0 amide bonds. The summed E-state index contributed by atoms with van der Waals surface area (Å²) in [6, 6.07) is 3.86. The highest BCUT2D eigenvalue weighted by Crippen LogP contribution is 2.35. The van der Waals surface area contributed by atoms with Crippen LogP contribution in [0.2, 0.25) is 0 Å². The van der Waals surface area contributed by atoms with Gasteiger partial charge in [-0.2, -0.15) is 0 Å².